The normalized spacial score (nSPS) is 16.7. The van der Waals surface area contributed by atoms with E-state index >= 15 is 0 Å². The van der Waals surface area contributed by atoms with E-state index in [1.807, 2.05) is 29.5 Å². The molecular weight excluding hydrogens is 356 g/mol. The summed E-state index contributed by atoms with van der Waals surface area (Å²) in [6, 6.07) is 11.8. The Bertz CT molecular complexity index is 779. The van der Waals surface area contributed by atoms with Gasteiger partial charge in [0.1, 0.15) is 0 Å². The molecule has 27 heavy (non-hydrogen) atoms. The highest BCUT2D eigenvalue weighted by molar-refractivity contribution is 7.10. The summed E-state index contributed by atoms with van der Waals surface area (Å²) in [7, 11) is 1.79. The van der Waals surface area contributed by atoms with Crippen LogP contribution in [-0.2, 0) is 12.0 Å². The van der Waals surface area contributed by atoms with Gasteiger partial charge in [-0.3, -0.25) is 9.79 Å². The second-order valence-electron chi connectivity index (χ2n) is 7.16. The summed E-state index contributed by atoms with van der Waals surface area (Å²) in [4.78, 5) is 17.2. The number of guanidine groups is 1. The third-order valence-electron chi connectivity index (χ3n) is 5.34. The van der Waals surface area contributed by atoms with Crippen molar-refractivity contribution in [2.75, 3.05) is 13.6 Å². The lowest BCUT2D eigenvalue weighted by Gasteiger charge is -2.37. The minimum atomic E-state index is -0.408. The number of hydrogen-bond acceptors (Lipinski definition) is 3. The van der Waals surface area contributed by atoms with Crippen LogP contribution >= 0.6 is 11.3 Å². The van der Waals surface area contributed by atoms with Crippen molar-refractivity contribution in [1.29, 1.82) is 0 Å². The van der Waals surface area contributed by atoms with Crippen molar-refractivity contribution >= 4 is 23.2 Å². The van der Waals surface area contributed by atoms with Crippen molar-refractivity contribution in [1.82, 2.24) is 10.6 Å². The van der Waals surface area contributed by atoms with Gasteiger partial charge in [0.25, 0.3) is 0 Å². The number of amides is 1. The maximum atomic E-state index is 11.3. The maximum Gasteiger partial charge on any atom is 0.248 e. The Morgan fingerprint density at radius 1 is 1.19 bits per heavy atom. The highest BCUT2D eigenvalue weighted by Crippen LogP contribution is 2.41. The first kappa shape index (κ1) is 19.4. The van der Waals surface area contributed by atoms with E-state index in [4.69, 9.17) is 5.73 Å². The van der Waals surface area contributed by atoms with E-state index in [0.717, 1.165) is 18.1 Å². The lowest BCUT2D eigenvalue weighted by atomic mass is 9.73. The molecule has 1 aromatic heterocycles. The number of nitrogens with one attached hydrogen (secondary N) is 2. The number of thiophene rings is 1. The van der Waals surface area contributed by atoms with E-state index in [-0.39, 0.29) is 5.41 Å². The van der Waals surface area contributed by atoms with Crippen LogP contribution in [0.2, 0.25) is 0 Å². The first-order valence-electron chi connectivity index (χ1n) is 9.50. The number of primary amides is 1. The van der Waals surface area contributed by atoms with Gasteiger partial charge < -0.3 is 16.4 Å². The molecule has 1 saturated carbocycles. The summed E-state index contributed by atoms with van der Waals surface area (Å²) in [6.07, 6.45) is 6.34. The van der Waals surface area contributed by atoms with Crippen molar-refractivity contribution in [2.24, 2.45) is 10.7 Å². The number of nitrogens with zero attached hydrogens (tertiary/aromatic N) is 1. The molecule has 0 saturated heterocycles. The molecule has 0 aliphatic heterocycles. The van der Waals surface area contributed by atoms with Gasteiger partial charge in [0, 0.05) is 36.0 Å². The first-order valence-corrected chi connectivity index (χ1v) is 10.4. The molecule has 1 heterocycles. The monoisotopic (exact) mass is 384 g/mol. The Labute approximate surface area is 165 Å². The molecule has 1 amide bonds. The van der Waals surface area contributed by atoms with Gasteiger partial charge in [0.2, 0.25) is 5.91 Å². The number of rotatable bonds is 6. The molecule has 0 radical (unpaired) electrons. The second-order valence-corrected chi connectivity index (χ2v) is 8.11. The second kappa shape index (κ2) is 9.04. The SMILES string of the molecule is CN=C(NCc1cccc(C(N)=O)c1)NCC1(c2cccs2)CCCCC1. The molecule has 0 atom stereocenters. The molecule has 0 unspecified atom stereocenters. The fraction of sp³-hybridized carbons (Fsp3) is 0.429. The van der Waals surface area contributed by atoms with Crippen molar-refractivity contribution in [3.63, 3.8) is 0 Å². The largest absolute Gasteiger partial charge is 0.366 e. The van der Waals surface area contributed by atoms with Gasteiger partial charge in [-0.2, -0.15) is 0 Å². The highest BCUT2D eigenvalue weighted by atomic mass is 32.1. The van der Waals surface area contributed by atoms with E-state index < -0.39 is 5.91 Å². The Morgan fingerprint density at radius 2 is 2.00 bits per heavy atom. The molecule has 2 aromatic rings. The molecule has 1 aliphatic carbocycles. The maximum absolute atomic E-state index is 11.3. The number of aliphatic imine (C=N–C) groups is 1. The third kappa shape index (κ3) is 4.89. The van der Waals surface area contributed by atoms with Crippen molar-refractivity contribution in [3.8, 4) is 0 Å². The minimum Gasteiger partial charge on any atom is -0.366 e. The van der Waals surface area contributed by atoms with E-state index in [9.17, 15) is 4.79 Å². The van der Waals surface area contributed by atoms with E-state index in [1.54, 1.807) is 13.1 Å². The average molecular weight is 385 g/mol. The summed E-state index contributed by atoms with van der Waals surface area (Å²) in [5.74, 6) is 0.371. The summed E-state index contributed by atoms with van der Waals surface area (Å²) >= 11 is 1.86. The number of carbonyl (C=O) groups excluding carboxylic acids is 1. The Morgan fingerprint density at radius 3 is 2.67 bits per heavy atom. The molecule has 0 bridgehead atoms. The third-order valence-corrected chi connectivity index (χ3v) is 6.46. The molecule has 3 rings (SSSR count). The van der Waals surface area contributed by atoms with Gasteiger partial charge in [0.05, 0.1) is 0 Å². The van der Waals surface area contributed by atoms with Gasteiger partial charge in [-0.15, -0.1) is 11.3 Å². The van der Waals surface area contributed by atoms with E-state index in [1.165, 1.54) is 37.0 Å². The molecule has 6 heteroatoms. The van der Waals surface area contributed by atoms with Gasteiger partial charge in [0.15, 0.2) is 5.96 Å². The molecule has 0 spiro atoms. The van der Waals surface area contributed by atoms with Crippen molar-refractivity contribution < 1.29 is 4.79 Å². The summed E-state index contributed by atoms with van der Waals surface area (Å²) in [6.45, 7) is 1.47. The fourth-order valence-electron chi connectivity index (χ4n) is 3.81. The number of carbonyl (C=O) groups is 1. The minimum absolute atomic E-state index is 0.204. The van der Waals surface area contributed by atoms with Crippen LogP contribution in [-0.4, -0.2) is 25.5 Å². The van der Waals surface area contributed by atoms with Crippen LogP contribution in [0.3, 0.4) is 0 Å². The van der Waals surface area contributed by atoms with Gasteiger partial charge >= 0.3 is 0 Å². The van der Waals surface area contributed by atoms with E-state index in [2.05, 4.69) is 33.1 Å². The van der Waals surface area contributed by atoms with Crippen LogP contribution < -0.4 is 16.4 Å². The first-order chi connectivity index (χ1) is 13.1. The standard InChI is InChI=1S/C21H28N4OS/c1-23-20(24-14-16-7-5-8-17(13-16)19(22)26)25-15-21(10-3-2-4-11-21)18-9-6-12-27-18/h5-9,12-13H,2-4,10-11,14-15H2,1H3,(H2,22,26)(H2,23,24,25). The van der Waals surface area contributed by atoms with Gasteiger partial charge in [-0.1, -0.05) is 37.5 Å². The van der Waals surface area contributed by atoms with Crippen LogP contribution in [0.25, 0.3) is 0 Å². The smallest absolute Gasteiger partial charge is 0.248 e. The van der Waals surface area contributed by atoms with Gasteiger partial charge in [-0.25, -0.2) is 0 Å². The molecule has 5 nitrogen and oxygen atoms in total. The average Bonchev–Trinajstić information content (AvgIpc) is 3.24. The topological polar surface area (TPSA) is 79.5 Å². The Balaban J connectivity index is 1.61. The summed E-state index contributed by atoms with van der Waals surface area (Å²) < 4.78 is 0. The zero-order chi connectivity index (χ0) is 19.1. The van der Waals surface area contributed by atoms with Crippen LogP contribution in [0.15, 0.2) is 46.8 Å². The van der Waals surface area contributed by atoms with Crippen LogP contribution in [0.5, 0.6) is 0 Å². The number of nitrogens with two attached hydrogens (primary N) is 1. The van der Waals surface area contributed by atoms with Crippen LogP contribution in [0, 0.1) is 0 Å². The molecule has 1 aliphatic rings. The van der Waals surface area contributed by atoms with Crippen molar-refractivity contribution in [3.05, 3.63) is 57.8 Å². The van der Waals surface area contributed by atoms with Crippen molar-refractivity contribution in [2.45, 2.75) is 44.1 Å². The highest BCUT2D eigenvalue weighted by Gasteiger charge is 2.34. The molecule has 1 aromatic carbocycles. The lowest BCUT2D eigenvalue weighted by Crippen LogP contribution is -2.46. The molecule has 144 valence electrons. The fourth-order valence-corrected chi connectivity index (χ4v) is 4.80. The molecular formula is C21H28N4OS. The number of hydrogen-bond donors (Lipinski definition) is 3. The van der Waals surface area contributed by atoms with Crippen LogP contribution in [0.4, 0.5) is 0 Å². The predicted octanol–water partition coefficient (Wildman–Crippen LogP) is 3.41. The zero-order valence-electron chi connectivity index (χ0n) is 15.8. The Kier molecular flexibility index (Phi) is 6.50. The zero-order valence-corrected chi connectivity index (χ0v) is 16.6. The quantitative estimate of drug-likeness (QED) is 0.527. The summed E-state index contributed by atoms with van der Waals surface area (Å²) in [5.41, 5.74) is 7.09. The van der Waals surface area contributed by atoms with E-state index in [0.29, 0.717) is 12.1 Å². The Hall–Kier alpha value is -2.34. The van der Waals surface area contributed by atoms with Gasteiger partial charge in [-0.05, 0) is 42.0 Å². The predicted molar refractivity (Wildman–Crippen MR) is 112 cm³/mol. The lowest BCUT2D eigenvalue weighted by molar-refractivity contribution is 0.1000. The molecule has 4 N–H and O–H groups in total. The molecule has 1 fully saturated rings. The van der Waals surface area contributed by atoms with Crippen LogP contribution in [0.1, 0.15) is 52.9 Å². The number of benzene rings is 1. The summed E-state index contributed by atoms with van der Waals surface area (Å²) in [5, 5.41) is 9.05.